The number of hydrogen-bond donors (Lipinski definition) is 1. The van der Waals surface area contributed by atoms with Crippen molar-refractivity contribution in [3.63, 3.8) is 0 Å². The SMILES string of the molecule is CC(C)(C)CC(=O)N[C@H]1CCCCSc2cccc(c2)OC[C@@H]2C[C@H](OCc3ccc(-c4cccnc4)cc3)CN2C1=O. The molecule has 2 amide bonds. The second-order valence-electron chi connectivity index (χ2n) is 12.7. The summed E-state index contributed by atoms with van der Waals surface area (Å²) < 4.78 is 12.6. The summed E-state index contributed by atoms with van der Waals surface area (Å²) in [7, 11) is 0. The summed E-state index contributed by atoms with van der Waals surface area (Å²) in [5.41, 5.74) is 3.10. The number of carbonyl (C=O) groups is 2. The van der Waals surface area contributed by atoms with Crippen molar-refractivity contribution in [3.8, 4) is 16.9 Å². The minimum atomic E-state index is -0.554. The number of thioether (sulfide) groups is 1. The van der Waals surface area contributed by atoms with Gasteiger partial charge in [0.05, 0.1) is 18.8 Å². The maximum absolute atomic E-state index is 14.1. The Kier molecular flexibility index (Phi) is 10.4. The Morgan fingerprint density at radius 2 is 1.93 bits per heavy atom. The third-order valence-electron chi connectivity index (χ3n) is 7.82. The Labute approximate surface area is 259 Å². The molecule has 3 heterocycles. The number of ether oxygens (including phenoxy) is 2. The Morgan fingerprint density at radius 1 is 1.09 bits per heavy atom. The zero-order chi connectivity index (χ0) is 30.2. The molecule has 5 rings (SSSR count). The van der Waals surface area contributed by atoms with Gasteiger partial charge in [0, 0.05) is 30.3 Å². The number of nitrogens with one attached hydrogen (secondary N) is 1. The number of hydrogen-bond acceptors (Lipinski definition) is 6. The largest absolute Gasteiger partial charge is 0.491 e. The first kappa shape index (κ1) is 31.1. The van der Waals surface area contributed by atoms with E-state index < -0.39 is 6.04 Å². The van der Waals surface area contributed by atoms with Crippen LogP contribution in [0.3, 0.4) is 0 Å². The van der Waals surface area contributed by atoms with Gasteiger partial charge in [0.25, 0.3) is 0 Å². The lowest BCUT2D eigenvalue weighted by Crippen LogP contribution is -2.51. The van der Waals surface area contributed by atoms with Gasteiger partial charge in [-0.1, -0.05) is 63.6 Å². The summed E-state index contributed by atoms with van der Waals surface area (Å²) in [4.78, 5) is 34.3. The van der Waals surface area contributed by atoms with E-state index >= 15 is 0 Å². The molecule has 0 spiro atoms. The van der Waals surface area contributed by atoms with Crippen molar-refractivity contribution in [2.24, 2.45) is 5.41 Å². The molecule has 43 heavy (non-hydrogen) atoms. The fraction of sp³-hybridized carbons (Fsp3) is 0.457. The number of amides is 2. The molecule has 0 saturated carbocycles. The first-order chi connectivity index (χ1) is 20.7. The fourth-order valence-corrected chi connectivity index (χ4v) is 6.59. The van der Waals surface area contributed by atoms with Crippen LogP contribution in [0.5, 0.6) is 5.75 Å². The summed E-state index contributed by atoms with van der Waals surface area (Å²) in [5.74, 6) is 1.64. The number of carbonyl (C=O) groups excluding carboxylic acids is 2. The number of nitrogens with zero attached hydrogens (tertiary/aromatic N) is 2. The Balaban J connectivity index is 1.29. The maximum atomic E-state index is 14.1. The van der Waals surface area contributed by atoms with E-state index in [0.29, 0.717) is 39.0 Å². The van der Waals surface area contributed by atoms with E-state index in [1.165, 1.54) is 4.90 Å². The molecule has 1 saturated heterocycles. The molecule has 2 bridgehead atoms. The number of pyridine rings is 1. The Bertz CT molecular complexity index is 1360. The van der Waals surface area contributed by atoms with Crippen molar-refractivity contribution in [2.45, 2.75) is 82.6 Å². The van der Waals surface area contributed by atoms with Crippen LogP contribution in [0.2, 0.25) is 0 Å². The van der Waals surface area contributed by atoms with Crippen LogP contribution in [0.15, 0.2) is 78.0 Å². The van der Waals surface area contributed by atoms with Crippen LogP contribution in [0, 0.1) is 5.41 Å². The van der Waals surface area contributed by atoms with Gasteiger partial charge in [-0.3, -0.25) is 14.6 Å². The van der Waals surface area contributed by atoms with E-state index in [2.05, 4.69) is 46.7 Å². The second kappa shape index (κ2) is 14.4. The molecule has 1 N–H and O–H groups in total. The van der Waals surface area contributed by atoms with Gasteiger partial charge in [-0.2, -0.15) is 0 Å². The first-order valence-electron chi connectivity index (χ1n) is 15.3. The molecule has 2 aliphatic rings. The van der Waals surface area contributed by atoms with Gasteiger partial charge < -0.3 is 19.7 Å². The summed E-state index contributed by atoms with van der Waals surface area (Å²) in [6.07, 6.45) is 7.00. The van der Waals surface area contributed by atoms with Crippen LogP contribution in [0.1, 0.15) is 58.4 Å². The van der Waals surface area contributed by atoms with Gasteiger partial charge in [0.1, 0.15) is 18.4 Å². The molecular weight excluding hydrogens is 558 g/mol. The van der Waals surface area contributed by atoms with Crippen LogP contribution in [-0.4, -0.2) is 58.8 Å². The Hall–Kier alpha value is -3.36. The monoisotopic (exact) mass is 601 g/mol. The second-order valence-corrected chi connectivity index (χ2v) is 13.9. The van der Waals surface area contributed by atoms with Gasteiger partial charge in [0.2, 0.25) is 11.8 Å². The highest BCUT2D eigenvalue weighted by Gasteiger charge is 2.39. The molecule has 7 nitrogen and oxygen atoms in total. The predicted octanol–water partition coefficient (Wildman–Crippen LogP) is 6.51. The van der Waals surface area contributed by atoms with Crippen LogP contribution in [0.25, 0.3) is 11.1 Å². The van der Waals surface area contributed by atoms with Crippen LogP contribution in [0.4, 0.5) is 0 Å². The quantitative estimate of drug-likeness (QED) is 0.347. The molecule has 1 fully saturated rings. The van der Waals surface area contributed by atoms with E-state index in [-0.39, 0.29) is 29.4 Å². The smallest absolute Gasteiger partial charge is 0.245 e. The van der Waals surface area contributed by atoms with E-state index in [1.54, 1.807) is 18.0 Å². The van der Waals surface area contributed by atoms with E-state index in [1.807, 2.05) is 56.1 Å². The molecular formula is C35H43N3O4S. The van der Waals surface area contributed by atoms with Crippen molar-refractivity contribution in [1.29, 1.82) is 0 Å². The lowest BCUT2D eigenvalue weighted by molar-refractivity contribution is -0.138. The zero-order valence-electron chi connectivity index (χ0n) is 25.5. The van der Waals surface area contributed by atoms with Crippen molar-refractivity contribution in [2.75, 3.05) is 18.9 Å². The third kappa shape index (κ3) is 9.07. The normalized spacial score (nSPS) is 21.4. The first-order valence-corrected chi connectivity index (χ1v) is 16.3. The maximum Gasteiger partial charge on any atom is 0.245 e. The zero-order valence-corrected chi connectivity index (χ0v) is 26.3. The van der Waals surface area contributed by atoms with Gasteiger partial charge in [-0.05, 0) is 71.4 Å². The van der Waals surface area contributed by atoms with Crippen LogP contribution >= 0.6 is 11.8 Å². The molecule has 2 aromatic carbocycles. The van der Waals surface area contributed by atoms with Gasteiger partial charge in [-0.15, -0.1) is 11.8 Å². The number of fused-ring (bicyclic) bond motifs is 3. The average Bonchev–Trinajstić information content (AvgIpc) is 3.40. The lowest BCUT2D eigenvalue weighted by Gasteiger charge is -2.30. The average molecular weight is 602 g/mol. The van der Waals surface area contributed by atoms with Crippen molar-refractivity contribution in [3.05, 3.63) is 78.6 Å². The highest BCUT2D eigenvalue weighted by molar-refractivity contribution is 7.99. The molecule has 3 atom stereocenters. The summed E-state index contributed by atoms with van der Waals surface area (Å²) in [6.45, 7) is 7.42. The molecule has 0 aliphatic carbocycles. The molecule has 0 unspecified atom stereocenters. The standard InChI is InChI=1S/C35H43N3O4S/c1-35(2,3)20-33(39)37-32-11-4-5-17-43-31-10-6-9-29(19-31)42-24-28-18-30(22-38(28)34(32)40)41-23-25-12-14-26(15-13-25)27-8-7-16-36-21-27/h6-10,12-16,19,21,28,30,32H,4-5,11,17-18,20,22-24H2,1-3H3,(H,37,39)/t28-,30-,32-/m0/s1. The van der Waals surface area contributed by atoms with Crippen molar-refractivity contribution in [1.82, 2.24) is 15.2 Å². The molecule has 1 aromatic heterocycles. The third-order valence-corrected chi connectivity index (χ3v) is 8.90. The summed E-state index contributed by atoms with van der Waals surface area (Å²) in [5, 5.41) is 3.09. The molecule has 3 aromatic rings. The highest BCUT2D eigenvalue weighted by atomic mass is 32.2. The number of aromatic nitrogens is 1. The topological polar surface area (TPSA) is 80.8 Å². The van der Waals surface area contributed by atoms with Crippen molar-refractivity contribution < 1.29 is 19.1 Å². The number of benzene rings is 2. The molecule has 0 radical (unpaired) electrons. The van der Waals surface area contributed by atoms with Gasteiger partial charge in [0.15, 0.2) is 0 Å². The van der Waals surface area contributed by atoms with Crippen molar-refractivity contribution >= 4 is 23.6 Å². The molecule has 8 heteroatoms. The predicted molar refractivity (Wildman–Crippen MR) is 171 cm³/mol. The van der Waals surface area contributed by atoms with E-state index in [4.69, 9.17) is 9.47 Å². The minimum absolute atomic E-state index is 0.0405. The summed E-state index contributed by atoms with van der Waals surface area (Å²) in [6, 6.07) is 19.8. The summed E-state index contributed by atoms with van der Waals surface area (Å²) >= 11 is 1.80. The number of rotatable bonds is 6. The van der Waals surface area contributed by atoms with E-state index in [9.17, 15) is 9.59 Å². The van der Waals surface area contributed by atoms with Crippen LogP contribution in [-0.2, 0) is 20.9 Å². The Morgan fingerprint density at radius 3 is 2.70 bits per heavy atom. The van der Waals surface area contributed by atoms with E-state index in [0.717, 1.165) is 41.0 Å². The fourth-order valence-electron chi connectivity index (χ4n) is 5.63. The van der Waals surface area contributed by atoms with Gasteiger partial charge >= 0.3 is 0 Å². The molecule has 228 valence electrons. The van der Waals surface area contributed by atoms with Crippen LogP contribution < -0.4 is 10.1 Å². The minimum Gasteiger partial charge on any atom is -0.491 e. The highest BCUT2D eigenvalue weighted by Crippen LogP contribution is 2.29. The van der Waals surface area contributed by atoms with Gasteiger partial charge in [-0.25, -0.2) is 0 Å². The molecule has 2 aliphatic heterocycles. The lowest BCUT2D eigenvalue weighted by atomic mass is 9.91.